The van der Waals surface area contributed by atoms with Gasteiger partial charge < -0.3 is 10.6 Å². The summed E-state index contributed by atoms with van der Waals surface area (Å²) in [6, 6.07) is 0.226. The van der Waals surface area contributed by atoms with E-state index in [1.807, 2.05) is 23.8 Å². The van der Waals surface area contributed by atoms with Crippen LogP contribution in [0.15, 0.2) is 0 Å². The third-order valence-corrected chi connectivity index (χ3v) is 3.26. The van der Waals surface area contributed by atoms with Crippen LogP contribution in [0.2, 0.25) is 0 Å². The summed E-state index contributed by atoms with van der Waals surface area (Å²) in [7, 11) is 1.94. The Hall–Kier alpha value is -0.680. The van der Waals surface area contributed by atoms with Crippen LogP contribution < -0.4 is 5.73 Å². The van der Waals surface area contributed by atoms with E-state index < -0.39 is 0 Å². The van der Waals surface area contributed by atoms with Gasteiger partial charge in [0.1, 0.15) is 0 Å². The molecule has 1 unspecified atom stereocenters. The molecule has 1 saturated heterocycles. The molecule has 2 N–H and O–H groups in total. The third-order valence-electron chi connectivity index (χ3n) is 3.09. The molecule has 0 spiro atoms. The summed E-state index contributed by atoms with van der Waals surface area (Å²) in [6.07, 6.45) is 2.94. The third kappa shape index (κ3) is 4.06. The molecule has 5 heteroatoms. The molecular formula is C11H21N3OS. The highest BCUT2D eigenvalue weighted by molar-refractivity contribution is 7.80. The molecule has 1 aliphatic rings. The minimum atomic E-state index is 0.217. The number of likely N-dealkylation sites (tertiary alicyclic amines) is 1. The summed E-state index contributed by atoms with van der Waals surface area (Å²) < 4.78 is 0. The van der Waals surface area contributed by atoms with E-state index in [-0.39, 0.29) is 11.9 Å². The second kappa shape index (κ2) is 6.15. The van der Waals surface area contributed by atoms with Crippen molar-refractivity contribution in [1.29, 1.82) is 0 Å². The molecule has 1 rings (SSSR count). The normalized spacial score (nSPS) is 17.8. The van der Waals surface area contributed by atoms with Crippen molar-refractivity contribution in [3.8, 4) is 0 Å². The van der Waals surface area contributed by atoms with E-state index in [0.717, 1.165) is 25.9 Å². The summed E-state index contributed by atoms with van der Waals surface area (Å²) in [5.41, 5.74) is 5.49. The van der Waals surface area contributed by atoms with Gasteiger partial charge in [0, 0.05) is 25.6 Å². The van der Waals surface area contributed by atoms with Crippen molar-refractivity contribution < 1.29 is 4.79 Å². The minimum Gasteiger partial charge on any atom is -0.393 e. The molecule has 0 aliphatic carbocycles. The van der Waals surface area contributed by atoms with Crippen molar-refractivity contribution in [2.45, 2.75) is 32.2 Å². The number of likely N-dealkylation sites (N-methyl/N-ethyl adjacent to an activating group) is 1. The number of thiocarbonyl (C=S) groups is 1. The van der Waals surface area contributed by atoms with Gasteiger partial charge in [-0.05, 0) is 26.8 Å². The highest BCUT2D eigenvalue weighted by atomic mass is 32.1. The Morgan fingerprint density at radius 2 is 2.06 bits per heavy atom. The first-order chi connectivity index (χ1) is 7.50. The average molecular weight is 243 g/mol. The molecule has 0 saturated carbocycles. The summed E-state index contributed by atoms with van der Waals surface area (Å²) in [4.78, 5) is 16.3. The fourth-order valence-electron chi connectivity index (χ4n) is 1.88. The molecule has 1 heterocycles. The Kier molecular flexibility index (Phi) is 5.15. The number of hydrogen-bond acceptors (Lipinski definition) is 3. The number of nitrogens with zero attached hydrogens (tertiary/aromatic N) is 2. The maximum Gasteiger partial charge on any atom is 0.236 e. The molecule has 1 atom stereocenters. The quantitative estimate of drug-likeness (QED) is 0.719. The molecule has 1 fully saturated rings. The molecule has 1 aliphatic heterocycles. The Morgan fingerprint density at radius 3 is 2.56 bits per heavy atom. The lowest BCUT2D eigenvalue weighted by Crippen LogP contribution is -2.41. The molecule has 0 bridgehead atoms. The van der Waals surface area contributed by atoms with Gasteiger partial charge in [0.05, 0.1) is 11.5 Å². The highest BCUT2D eigenvalue weighted by Crippen LogP contribution is 2.09. The van der Waals surface area contributed by atoms with E-state index in [2.05, 4.69) is 0 Å². The number of amides is 1. The monoisotopic (exact) mass is 243 g/mol. The largest absolute Gasteiger partial charge is 0.393 e. The maximum atomic E-state index is 11.9. The number of carbonyl (C=O) groups is 1. The predicted molar refractivity (Wildman–Crippen MR) is 69.3 cm³/mol. The Morgan fingerprint density at radius 1 is 1.50 bits per heavy atom. The van der Waals surface area contributed by atoms with E-state index in [9.17, 15) is 4.79 Å². The van der Waals surface area contributed by atoms with Crippen molar-refractivity contribution in [2.75, 3.05) is 26.7 Å². The smallest absolute Gasteiger partial charge is 0.236 e. The van der Waals surface area contributed by atoms with Crippen LogP contribution in [-0.4, -0.2) is 53.4 Å². The molecule has 92 valence electrons. The SMILES string of the molecule is CC(CC(N)=S)N(C)CC(=O)N1CCCC1. The summed E-state index contributed by atoms with van der Waals surface area (Å²) in [5.74, 6) is 0.217. The fraction of sp³-hybridized carbons (Fsp3) is 0.818. The van der Waals surface area contributed by atoms with Crippen LogP contribution in [0, 0.1) is 0 Å². The van der Waals surface area contributed by atoms with Gasteiger partial charge in [-0.15, -0.1) is 0 Å². The van der Waals surface area contributed by atoms with Crippen LogP contribution in [0.25, 0.3) is 0 Å². The summed E-state index contributed by atoms with van der Waals surface area (Å²) >= 11 is 4.87. The van der Waals surface area contributed by atoms with Crippen molar-refractivity contribution >= 4 is 23.1 Å². The van der Waals surface area contributed by atoms with Crippen molar-refractivity contribution in [3.63, 3.8) is 0 Å². The van der Waals surface area contributed by atoms with E-state index in [1.165, 1.54) is 0 Å². The first-order valence-corrected chi connectivity index (χ1v) is 6.18. The molecule has 0 radical (unpaired) electrons. The van der Waals surface area contributed by atoms with Crippen LogP contribution in [-0.2, 0) is 4.79 Å². The zero-order chi connectivity index (χ0) is 12.1. The van der Waals surface area contributed by atoms with E-state index in [0.29, 0.717) is 18.0 Å². The molecule has 4 nitrogen and oxygen atoms in total. The number of rotatable bonds is 5. The number of nitrogens with two attached hydrogens (primary N) is 1. The first kappa shape index (κ1) is 13.4. The minimum absolute atomic E-state index is 0.217. The molecular weight excluding hydrogens is 222 g/mol. The average Bonchev–Trinajstić information content (AvgIpc) is 2.68. The lowest BCUT2D eigenvalue weighted by Gasteiger charge is -2.26. The number of carbonyl (C=O) groups excluding carboxylic acids is 1. The molecule has 16 heavy (non-hydrogen) atoms. The Balaban J connectivity index is 2.34. The first-order valence-electron chi connectivity index (χ1n) is 5.77. The van der Waals surface area contributed by atoms with Crippen LogP contribution >= 0.6 is 12.2 Å². The van der Waals surface area contributed by atoms with Gasteiger partial charge in [-0.25, -0.2) is 0 Å². The Bertz CT molecular complexity index is 264. The zero-order valence-corrected chi connectivity index (χ0v) is 10.9. The lowest BCUT2D eigenvalue weighted by atomic mass is 10.2. The van der Waals surface area contributed by atoms with E-state index in [1.54, 1.807) is 0 Å². The topological polar surface area (TPSA) is 49.6 Å². The van der Waals surface area contributed by atoms with Gasteiger partial charge in [0.25, 0.3) is 0 Å². The van der Waals surface area contributed by atoms with E-state index >= 15 is 0 Å². The van der Waals surface area contributed by atoms with Crippen molar-refractivity contribution in [1.82, 2.24) is 9.80 Å². The zero-order valence-electron chi connectivity index (χ0n) is 10.1. The second-order valence-corrected chi connectivity index (χ2v) is 5.05. The van der Waals surface area contributed by atoms with Crippen molar-refractivity contribution in [3.05, 3.63) is 0 Å². The predicted octanol–water partition coefficient (Wildman–Crippen LogP) is 0.605. The summed E-state index contributed by atoms with van der Waals surface area (Å²) in [6.45, 7) is 4.33. The molecule has 0 aromatic carbocycles. The van der Waals surface area contributed by atoms with Gasteiger partial charge in [-0.2, -0.15) is 0 Å². The van der Waals surface area contributed by atoms with Crippen LogP contribution in [0.3, 0.4) is 0 Å². The van der Waals surface area contributed by atoms with Crippen molar-refractivity contribution in [2.24, 2.45) is 5.73 Å². The highest BCUT2D eigenvalue weighted by Gasteiger charge is 2.21. The maximum absolute atomic E-state index is 11.9. The molecule has 1 amide bonds. The van der Waals surface area contributed by atoms with Crippen LogP contribution in [0.1, 0.15) is 26.2 Å². The van der Waals surface area contributed by atoms with Gasteiger partial charge in [-0.1, -0.05) is 12.2 Å². The molecule has 0 aromatic rings. The van der Waals surface area contributed by atoms with Crippen LogP contribution in [0.5, 0.6) is 0 Å². The molecule has 0 aromatic heterocycles. The van der Waals surface area contributed by atoms with Gasteiger partial charge in [-0.3, -0.25) is 9.69 Å². The van der Waals surface area contributed by atoms with Gasteiger partial charge in [0.15, 0.2) is 0 Å². The fourth-order valence-corrected chi connectivity index (χ4v) is 2.12. The number of hydrogen-bond donors (Lipinski definition) is 1. The van der Waals surface area contributed by atoms with Gasteiger partial charge >= 0.3 is 0 Å². The van der Waals surface area contributed by atoms with Crippen LogP contribution in [0.4, 0.5) is 0 Å². The second-order valence-electron chi connectivity index (χ2n) is 4.52. The Labute approximate surface area is 103 Å². The summed E-state index contributed by atoms with van der Waals surface area (Å²) in [5, 5.41) is 0. The lowest BCUT2D eigenvalue weighted by molar-refractivity contribution is -0.131. The standard InChI is InChI=1S/C11H21N3OS/c1-9(7-10(12)16)13(2)8-11(15)14-5-3-4-6-14/h9H,3-8H2,1-2H3,(H2,12,16). The van der Waals surface area contributed by atoms with E-state index in [4.69, 9.17) is 18.0 Å². The van der Waals surface area contributed by atoms with Gasteiger partial charge in [0.2, 0.25) is 5.91 Å².